The molecule has 0 atom stereocenters. The largest absolute Gasteiger partial charge is 0.507 e. The highest BCUT2D eigenvalue weighted by atomic mass is 32.1. The summed E-state index contributed by atoms with van der Waals surface area (Å²) >= 11 is 5.32. The quantitative estimate of drug-likeness (QED) is 0.605. The topological polar surface area (TPSA) is 79.6 Å². The number of phenols is 1. The molecule has 0 aliphatic carbocycles. The van der Waals surface area contributed by atoms with Crippen LogP contribution >= 0.6 is 12.2 Å². The first-order chi connectivity index (χ1) is 12.1. The first-order valence-corrected chi connectivity index (χ1v) is 8.51. The molecule has 0 unspecified atom stereocenters. The van der Waals surface area contributed by atoms with Crippen LogP contribution in [-0.2, 0) is 4.74 Å². The Kier molecular flexibility index (Phi) is 5.75. The number of phenolic OH excluding ortho intramolecular Hbond substituents is 1. The average molecular weight is 360 g/mol. The second-order valence-corrected chi connectivity index (χ2v) is 6.09. The molecule has 0 amide bonds. The van der Waals surface area contributed by atoms with E-state index in [1.165, 1.54) is 16.9 Å². The molecule has 0 saturated carbocycles. The minimum atomic E-state index is -0.291. The van der Waals surface area contributed by atoms with Gasteiger partial charge in [-0.15, -0.1) is 0 Å². The van der Waals surface area contributed by atoms with Crippen molar-refractivity contribution in [2.24, 2.45) is 0 Å². The van der Waals surface area contributed by atoms with Crippen LogP contribution in [0.2, 0.25) is 0 Å². The molecule has 8 heteroatoms. The zero-order valence-electron chi connectivity index (χ0n) is 13.7. The van der Waals surface area contributed by atoms with Gasteiger partial charge in [0.2, 0.25) is 0 Å². The van der Waals surface area contributed by atoms with Crippen molar-refractivity contribution < 1.29 is 14.6 Å². The molecule has 7 nitrogen and oxygen atoms in total. The standard InChI is InChI=1S/C17H20N4O3S/c22-15-4-2-1-3-14(15)16(23)13-11-19-21(12-13)17(25)18-5-6-20-7-9-24-10-8-20/h1-4,11-12,22H,5-10H2,(H,18,25). The summed E-state index contributed by atoms with van der Waals surface area (Å²) in [5, 5.41) is 17.5. The van der Waals surface area contributed by atoms with E-state index in [4.69, 9.17) is 17.0 Å². The molecule has 0 bridgehead atoms. The first kappa shape index (κ1) is 17.5. The van der Waals surface area contributed by atoms with E-state index >= 15 is 0 Å². The van der Waals surface area contributed by atoms with Gasteiger partial charge in [0.1, 0.15) is 5.75 Å². The van der Waals surface area contributed by atoms with Crippen LogP contribution in [0, 0.1) is 0 Å². The van der Waals surface area contributed by atoms with Gasteiger partial charge in [-0.1, -0.05) is 12.1 Å². The van der Waals surface area contributed by atoms with Crippen LogP contribution in [0.15, 0.2) is 36.7 Å². The van der Waals surface area contributed by atoms with E-state index in [-0.39, 0.29) is 17.1 Å². The fourth-order valence-corrected chi connectivity index (χ4v) is 2.80. The minimum Gasteiger partial charge on any atom is -0.507 e. The number of para-hydroxylation sites is 1. The lowest BCUT2D eigenvalue weighted by Crippen LogP contribution is -2.42. The molecule has 1 aromatic heterocycles. The number of rotatable bonds is 5. The molecule has 1 aliphatic heterocycles. The molecular weight excluding hydrogens is 340 g/mol. The number of hydrogen-bond donors (Lipinski definition) is 2. The number of thiocarbonyl (C=S) groups is 1. The van der Waals surface area contributed by atoms with Crippen LogP contribution in [0.3, 0.4) is 0 Å². The van der Waals surface area contributed by atoms with Gasteiger partial charge in [-0.05, 0) is 24.4 Å². The number of carbonyl (C=O) groups excluding carboxylic acids is 1. The van der Waals surface area contributed by atoms with E-state index in [0.717, 1.165) is 32.8 Å². The fraction of sp³-hybridized carbons (Fsp3) is 0.353. The van der Waals surface area contributed by atoms with E-state index in [1.54, 1.807) is 24.4 Å². The van der Waals surface area contributed by atoms with Gasteiger partial charge in [-0.3, -0.25) is 9.69 Å². The predicted molar refractivity (Wildman–Crippen MR) is 97.0 cm³/mol. The Morgan fingerprint density at radius 2 is 2.08 bits per heavy atom. The van der Waals surface area contributed by atoms with Crippen LogP contribution in [0.4, 0.5) is 0 Å². The molecular formula is C17H20N4O3S. The van der Waals surface area contributed by atoms with Crippen LogP contribution in [0.25, 0.3) is 0 Å². The Morgan fingerprint density at radius 1 is 1.32 bits per heavy atom. The highest BCUT2D eigenvalue weighted by Crippen LogP contribution is 2.19. The van der Waals surface area contributed by atoms with Gasteiger partial charge >= 0.3 is 0 Å². The van der Waals surface area contributed by atoms with E-state index < -0.39 is 0 Å². The van der Waals surface area contributed by atoms with E-state index in [1.807, 2.05) is 0 Å². The third kappa shape index (κ3) is 4.41. The summed E-state index contributed by atoms with van der Waals surface area (Å²) in [5.41, 5.74) is 0.618. The summed E-state index contributed by atoms with van der Waals surface area (Å²) in [7, 11) is 0. The van der Waals surface area contributed by atoms with Crippen molar-refractivity contribution in [2.75, 3.05) is 39.4 Å². The zero-order valence-corrected chi connectivity index (χ0v) is 14.5. The third-order valence-corrected chi connectivity index (χ3v) is 4.34. The molecule has 2 N–H and O–H groups in total. The number of ether oxygens (including phenoxy) is 1. The minimum absolute atomic E-state index is 0.0496. The van der Waals surface area contributed by atoms with Gasteiger partial charge in [0, 0.05) is 32.4 Å². The van der Waals surface area contributed by atoms with Crippen molar-refractivity contribution >= 4 is 23.1 Å². The van der Waals surface area contributed by atoms with Crippen molar-refractivity contribution in [2.45, 2.75) is 0 Å². The van der Waals surface area contributed by atoms with Gasteiger partial charge in [0.15, 0.2) is 10.9 Å². The molecule has 1 fully saturated rings. The van der Waals surface area contributed by atoms with Gasteiger partial charge in [0.05, 0.1) is 30.5 Å². The monoisotopic (exact) mass is 360 g/mol. The number of benzene rings is 1. The highest BCUT2D eigenvalue weighted by Gasteiger charge is 2.16. The van der Waals surface area contributed by atoms with E-state index in [0.29, 0.717) is 17.2 Å². The summed E-state index contributed by atoms with van der Waals surface area (Å²) < 4.78 is 6.77. The lowest BCUT2D eigenvalue weighted by atomic mass is 10.1. The molecule has 25 heavy (non-hydrogen) atoms. The second kappa shape index (κ2) is 8.19. The maximum absolute atomic E-state index is 12.4. The first-order valence-electron chi connectivity index (χ1n) is 8.11. The molecule has 2 aromatic rings. The van der Waals surface area contributed by atoms with Gasteiger partial charge < -0.3 is 15.2 Å². The molecule has 3 rings (SSSR count). The lowest BCUT2D eigenvalue weighted by molar-refractivity contribution is 0.0389. The number of aromatic hydroxyl groups is 1. The highest BCUT2D eigenvalue weighted by molar-refractivity contribution is 7.80. The lowest BCUT2D eigenvalue weighted by Gasteiger charge is -2.26. The Balaban J connectivity index is 1.56. The van der Waals surface area contributed by atoms with Crippen LogP contribution < -0.4 is 5.32 Å². The number of ketones is 1. The number of hydrogen-bond acceptors (Lipinski definition) is 6. The molecule has 132 valence electrons. The maximum Gasteiger partial charge on any atom is 0.199 e. The van der Waals surface area contributed by atoms with Crippen molar-refractivity contribution in [1.82, 2.24) is 20.0 Å². The van der Waals surface area contributed by atoms with Crippen LogP contribution in [-0.4, -0.2) is 70.1 Å². The van der Waals surface area contributed by atoms with Gasteiger partial charge in [0.25, 0.3) is 0 Å². The van der Waals surface area contributed by atoms with E-state index in [9.17, 15) is 9.90 Å². The normalized spacial score (nSPS) is 15.0. The van der Waals surface area contributed by atoms with Crippen molar-refractivity contribution in [3.05, 3.63) is 47.8 Å². The zero-order chi connectivity index (χ0) is 17.6. The molecule has 1 saturated heterocycles. The van der Waals surface area contributed by atoms with Crippen LogP contribution in [0.1, 0.15) is 15.9 Å². The Hall–Kier alpha value is -2.29. The summed E-state index contributed by atoms with van der Waals surface area (Å²) in [6, 6.07) is 6.43. The summed E-state index contributed by atoms with van der Waals surface area (Å²) in [4.78, 5) is 14.7. The van der Waals surface area contributed by atoms with E-state index in [2.05, 4.69) is 15.3 Å². The Morgan fingerprint density at radius 3 is 2.84 bits per heavy atom. The van der Waals surface area contributed by atoms with Crippen molar-refractivity contribution in [1.29, 1.82) is 0 Å². The molecule has 0 spiro atoms. The molecule has 2 heterocycles. The molecule has 1 aliphatic rings. The van der Waals surface area contributed by atoms with Crippen LogP contribution in [0.5, 0.6) is 5.75 Å². The number of nitrogens with zero attached hydrogens (tertiary/aromatic N) is 3. The fourth-order valence-electron chi connectivity index (χ4n) is 2.60. The molecule has 0 radical (unpaired) electrons. The summed E-state index contributed by atoms with van der Waals surface area (Å²) in [6.45, 7) is 4.95. The molecule has 1 aromatic carbocycles. The average Bonchev–Trinajstić information content (AvgIpc) is 3.13. The van der Waals surface area contributed by atoms with Crippen molar-refractivity contribution in [3.63, 3.8) is 0 Å². The summed E-state index contributed by atoms with van der Waals surface area (Å²) in [6.07, 6.45) is 3.02. The van der Waals surface area contributed by atoms with Gasteiger partial charge in [-0.25, -0.2) is 4.68 Å². The SMILES string of the molecule is O=C(c1cnn(C(=S)NCCN2CCOCC2)c1)c1ccccc1O. The smallest absolute Gasteiger partial charge is 0.199 e. The Bertz CT molecular complexity index is 756. The number of nitrogens with one attached hydrogen (secondary N) is 1. The number of aromatic nitrogens is 2. The second-order valence-electron chi connectivity index (χ2n) is 5.71. The summed E-state index contributed by atoms with van der Waals surface area (Å²) in [5.74, 6) is -0.341. The number of morpholine rings is 1. The maximum atomic E-state index is 12.4. The predicted octanol–water partition coefficient (Wildman–Crippen LogP) is 0.875. The van der Waals surface area contributed by atoms with Crippen molar-refractivity contribution in [3.8, 4) is 5.75 Å². The number of carbonyl (C=O) groups is 1. The van der Waals surface area contributed by atoms with Gasteiger partial charge in [-0.2, -0.15) is 5.10 Å². The third-order valence-electron chi connectivity index (χ3n) is 4.01. The Labute approximate surface area is 151 Å².